The van der Waals surface area contributed by atoms with Gasteiger partial charge in [-0.15, -0.1) is 0 Å². The molecule has 3 aromatic rings. The highest BCUT2D eigenvalue weighted by Crippen LogP contribution is 2.24. The molecule has 0 unspecified atom stereocenters. The van der Waals surface area contributed by atoms with Crippen LogP contribution >= 0.6 is 11.6 Å². The van der Waals surface area contributed by atoms with E-state index in [1.165, 1.54) is 4.57 Å². The lowest BCUT2D eigenvalue weighted by atomic mass is 10.1. The molecule has 0 aliphatic carbocycles. The predicted octanol–water partition coefficient (Wildman–Crippen LogP) is 2.78. The minimum Gasteiger partial charge on any atom is -0.392 e. The number of fused-ring (bicyclic) bond motifs is 1. The first-order valence-electron chi connectivity index (χ1n) is 8.82. The first kappa shape index (κ1) is 19.1. The highest BCUT2D eigenvalue weighted by atomic mass is 35.5. The van der Waals surface area contributed by atoms with Crippen LogP contribution in [0.25, 0.3) is 10.9 Å². The van der Waals surface area contributed by atoms with E-state index in [0.29, 0.717) is 34.8 Å². The average Bonchev–Trinajstić information content (AvgIpc) is 2.66. The molecule has 7 nitrogen and oxygen atoms in total. The van der Waals surface area contributed by atoms with Crippen molar-refractivity contribution >= 4 is 34.3 Å². The Labute approximate surface area is 161 Å². The minimum atomic E-state index is -0.236. The molecule has 1 aromatic carbocycles. The number of nitrogens with one attached hydrogen (secondary N) is 1. The first-order valence-corrected chi connectivity index (χ1v) is 9.20. The standard InChI is InChI=1S/C19H22ClN5O2/c1-2-3-8-22-17-15-16(23-19(21)24-17)14(20)10-25(18(15)27)9-12-4-6-13(11-26)7-5-12/h4-7,10,26H,2-3,8-9,11H2,1H3,(H3,21,22,23,24). The lowest BCUT2D eigenvalue weighted by Gasteiger charge is -2.13. The number of aliphatic hydroxyl groups is 1. The number of halogens is 1. The molecule has 2 heterocycles. The highest BCUT2D eigenvalue weighted by Gasteiger charge is 2.16. The fourth-order valence-electron chi connectivity index (χ4n) is 2.83. The van der Waals surface area contributed by atoms with Gasteiger partial charge in [0.1, 0.15) is 16.7 Å². The van der Waals surface area contributed by atoms with Crippen molar-refractivity contribution in [3.63, 3.8) is 0 Å². The molecule has 0 bridgehead atoms. The molecule has 2 aromatic heterocycles. The fraction of sp³-hybridized carbons (Fsp3) is 0.316. The number of nitrogens with two attached hydrogens (primary N) is 1. The number of nitrogens with zero attached hydrogens (tertiary/aromatic N) is 3. The van der Waals surface area contributed by atoms with Gasteiger partial charge in [-0.2, -0.15) is 4.98 Å². The second-order valence-corrected chi connectivity index (χ2v) is 6.73. The summed E-state index contributed by atoms with van der Waals surface area (Å²) in [5.74, 6) is 0.475. The Balaban J connectivity index is 2.06. The molecule has 8 heteroatoms. The predicted molar refractivity (Wildman–Crippen MR) is 108 cm³/mol. The van der Waals surface area contributed by atoms with Gasteiger partial charge in [0.2, 0.25) is 5.95 Å². The number of anilines is 2. The van der Waals surface area contributed by atoms with Crippen LogP contribution in [0.2, 0.25) is 5.02 Å². The lowest BCUT2D eigenvalue weighted by molar-refractivity contribution is 0.282. The third kappa shape index (κ3) is 4.20. The van der Waals surface area contributed by atoms with E-state index in [2.05, 4.69) is 22.2 Å². The fourth-order valence-corrected chi connectivity index (χ4v) is 3.08. The maximum absolute atomic E-state index is 13.1. The van der Waals surface area contributed by atoms with Crippen molar-refractivity contribution in [3.05, 3.63) is 57.0 Å². The summed E-state index contributed by atoms with van der Waals surface area (Å²) in [5, 5.41) is 13.0. The summed E-state index contributed by atoms with van der Waals surface area (Å²) in [7, 11) is 0. The second kappa shape index (κ2) is 8.37. The largest absolute Gasteiger partial charge is 0.392 e. The van der Waals surface area contributed by atoms with Gasteiger partial charge >= 0.3 is 0 Å². The number of hydrogen-bond donors (Lipinski definition) is 3. The molecule has 4 N–H and O–H groups in total. The summed E-state index contributed by atoms with van der Waals surface area (Å²) in [4.78, 5) is 21.4. The molecule has 0 aliphatic rings. The average molecular weight is 388 g/mol. The zero-order valence-corrected chi connectivity index (χ0v) is 15.8. The van der Waals surface area contributed by atoms with Gasteiger partial charge < -0.3 is 20.7 Å². The summed E-state index contributed by atoms with van der Waals surface area (Å²) in [6.45, 7) is 3.09. The van der Waals surface area contributed by atoms with E-state index in [0.717, 1.165) is 24.0 Å². The van der Waals surface area contributed by atoms with E-state index in [4.69, 9.17) is 22.4 Å². The quantitative estimate of drug-likeness (QED) is 0.538. The van der Waals surface area contributed by atoms with E-state index >= 15 is 0 Å². The zero-order valence-electron chi connectivity index (χ0n) is 15.1. The SMILES string of the molecule is CCCCNc1nc(N)nc2c(Cl)cn(Cc3ccc(CO)cc3)c(=O)c12. The van der Waals surface area contributed by atoms with Crippen molar-refractivity contribution in [2.24, 2.45) is 0 Å². The summed E-state index contributed by atoms with van der Waals surface area (Å²) in [6.07, 6.45) is 3.52. The molecule has 0 saturated carbocycles. The van der Waals surface area contributed by atoms with Crippen molar-refractivity contribution in [2.45, 2.75) is 32.9 Å². The van der Waals surface area contributed by atoms with Gasteiger partial charge in [-0.1, -0.05) is 49.2 Å². The normalized spacial score (nSPS) is 11.1. The van der Waals surface area contributed by atoms with Crippen molar-refractivity contribution < 1.29 is 5.11 Å². The van der Waals surface area contributed by atoms with Crippen LogP contribution in [0.5, 0.6) is 0 Å². The van der Waals surface area contributed by atoms with Gasteiger partial charge in [0.25, 0.3) is 5.56 Å². The van der Waals surface area contributed by atoms with Gasteiger partial charge in [0.15, 0.2) is 0 Å². The Morgan fingerprint density at radius 2 is 1.93 bits per heavy atom. The maximum Gasteiger partial charge on any atom is 0.264 e. The molecule has 0 fully saturated rings. The lowest BCUT2D eigenvalue weighted by Crippen LogP contribution is -2.23. The molecule has 0 aliphatic heterocycles. The van der Waals surface area contributed by atoms with Gasteiger partial charge in [0, 0.05) is 12.7 Å². The molecule has 0 atom stereocenters. The molecule has 3 rings (SSSR count). The monoisotopic (exact) mass is 387 g/mol. The van der Waals surface area contributed by atoms with E-state index in [9.17, 15) is 4.79 Å². The Kier molecular flexibility index (Phi) is 5.93. The van der Waals surface area contributed by atoms with E-state index < -0.39 is 0 Å². The van der Waals surface area contributed by atoms with Crippen LogP contribution in [0.3, 0.4) is 0 Å². The number of unbranched alkanes of at least 4 members (excludes halogenated alkanes) is 1. The zero-order chi connectivity index (χ0) is 19.4. The number of rotatable bonds is 7. The number of aromatic nitrogens is 3. The van der Waals surface area contributed by atoms with Crippen LogP contribution in [0.4, 0.5) is 11.8 Å². The van der Waals surface area contributed by atoms with Crippen LogP contribution < -0.4 is 16.6 Å². The topological polar surface area (TPSA) is 106 Å². The van der Waals surface area contributed by atoms with Gasteiger partial charge in [-0.05, 0) is 17.5 Å². The van der Waals surface area contributed by atoms with Crippen LogP contribution in [0.1, 0.15) is 30.9 Å². The third-order valence-electron chi connectivity index (χ3n) is 4.28. The number of hydrogen-bond acceptors (Lipinski definition) is 6. The van der Waals surface area contributed by atoms with Crippen LogP contribution in [0.15, 0.2) is 35.3 Å². The van der Waals surface area contributed by atoms with Crippen LogP contribution in [-0.2, 0) is 13.2 Å². The van der Waals surface area contributed by atoms with Crippen molar-refractivity contribution in [3.8, 4) is 0 Å². The summed E-state index contributed by atoms with van der Waals surface area (Å²) < 4.78 is 1.53. The Morgan fingerprint density at radius 1 is 1.22 bits per heavy atom. The van der Waals surface area contributed by atoms with E-state index in [1.54, 1.807) is 6.20 Å². The van der Waals surface area contributed by atoms with Crippen molar-refractivity contribution in [2.75, 3.05) is 17.6 Å². The van der Waals surface area contributed by atoms with Crippen molar-refractivity contribution in [1.82, 2.24) is 14.5 Å². The molecule has 0 radical (unpaired) electrons. The third-order valence-corrected chi connectivity index (χ3v) is 4.55. The van der Waals surface area contributed by atoms with Gasteiger partial charge in [-0.3, -0.25) is 4.79 Å². The van der Waals surface area contributed by atoms with Gasteiger partial charge in [-0.25, -0.2) is 4.98 Å². The Bertz CT molecular complexity index is 1000. The Hall–Kier alpha value is -2.64. The second-order valence-electron chi connectivity index (χ2n) is 6.32. The molecular formula is C19H22ClN5O2. The summed E-state index contributed by atoms with van der Waals surface area (Å²) >= 11 is 6.39. The summed E-state index contributed by atoms with van der Waals surface area (Å²) in [5.41, 5.74) is 7.63. The number of nitrogen functional groups attached to an aromatic ring is 1. The molecule has 27 heavy (non-hydrogen) atoms. The molecular weight excluding hydrogens is 366 g/mol. The number of pyridine rings is 1. The molecule has 0 saturated heterocycles. The molecule has 0 spiro atoms. The first-order chi connectivity index (χ1) is 13.0. The molecule has 142 valence electrons. The summed E-state index contributed by atoms with van der Waals surface area (Å²) in [6, 6.07) is 7.39. The van der Waals surface area contributed by atoms with Crippen molar-refractivity contribution in [1.29, 1.82) is 0 Å². The smallest absolute Gasteiger partial charge is 0.264 e. The van der Waals surface area contributed by atoms with Crippen LogP contribution in [-0.4, -0.2) is 26.2 Å². The van der Waals surface area contributed by atoms with Gasteiger partial charge in [0.05, 0.1) is 18.2 Å². The number of benzene rings is 1. The highest BCUT2D eigenvalue weighted by molar-refractivity contribution is 6.35. The van der Waals surface area contributed by atoms with E-state index in [-0.39, 0.29) is 18.1 Å². The van der Waals surface area contributed by atoms with E-state index in [1.807, 2.05) is 24.3 Å². The minimum absolute atomic E-state index is 0.0203. The number of aliphatic hydroxyl groups excluding tert-OH is 1. The Morgan fingerprint density at radius 3 is 2.59 bits per heavy atom. The van der Waals surface area contributed by atoms with Crippen LogP contribution in [0, 0.1) is 0 Å². The molecule has 0 amide bonds. The maximum atomic E-state index is 13.1.